The van der Waals surface area contributed by atoms with Gasteiger partial charge in [-0.15, -0.1) is 0 Å². The highest BCUT2D eigenvalue weighted by molar-refractivity contribution is 6.00. The summed E-state index contributed by atoms with van der Waals surface area (Å²) in [6.07, 6.45) is 4.21. The van der Waals surface area contributed by atoms with Crippen molar-refractivity contribution < 1.29 is 9.59 Å². The lowest BCUT2D eigenvalue weighted by molar-refractivity contribution is -0.126. The third kappa shape index (κ3) is 4.10. The quantitative estimate of drug-likeness (QED) is 0.880. The Morgan fingerprint density at radius 1 is 1.20 bits per heavy atom. The topological polar surface area (TPSA) is 54.3 Å². The molecule has 1 aliphatic heterocycles. The fraction of sp³-hybridized carbons (Fsp3) is 0.400. The number of carbonyl (C=O) groups excluding carboxylic acids is 2. The molecule has 0 bridgehead atoms. The van der Waals surface area contributed by atoms with Crippen LogP contribution in [0.15, 0.2) is 48.8 Å². The number of amides is 2. The Hall–Kier alpha value is -2.56. The molecule has 1 saturated heterocycles. The second-order valence-electron chi connectivity index (χ2n) is 6.86. The largest absolute Gasteiger partial charge is 0.354 e. The average Bonchev–Trinajstić information content (AvgIpc) is 3.24. The average molecular weight is 339 g/mol. The molecule has 0 saturated carbocycles. The Kier molecular flexibility index (Phi) is 5.22. The summed E-state index contributed by atoms with van der Waals surface area (Å²) in [6.45, 7) is 6.05. The summed E-state index contributed by atoms with van der Waals surface area (Å²) in [5.74, 6) is 0.161. The molecule has 3 rings (SSSR count). The van der Waals surface area contributed by atoms with Gasteiger partial charge in [0, 0.05) is 44.1 Å². The van der Waals surface area contributed by atoms with Gasteiger partial charge < -0.3 is 14.8 Å². The molecule has 2 aromatic rings. The van der Waals surface area contributed by atoms with Gasteiger partial charge in [-0.3, -0.25) is 9.59 Å². The maximum Gasteiger partial charge on any atom is 0.227 e. The Balaban J connectivity index is 1.55. The number of hydrogen-bond acceptors (Lipinski definition) is 2. The van der Waals surface area contributed by atoms with Gasteiger partial charge in [-0.25, -0.2) is 0 Å². The number of carbonyl (C=O) groups is 2. The highest BCUT2D eigenvalue weighted by Crippen LogP contribution is 2.26. The molecular formula is C20H25N3O2. The minimum Gasteiger partial charge on any atom is -0.354 e. The van der Waals surface area contributed by atoms with Gasteiger partial charge in [0.25, 0.3) is 0 Å². The van der Waals surface area contributed by atoms with Crippen LogP contribution in [-0.2, 0) is 16.1 Å². The van der Waals surface area contributed by atoms with E-state index in [2.05, 4.69) is 31.3 Å². The molecule has 5 heteroatoms. The van der Waals surface area contributed by atoms with Gasteiger partial charge in [-0.1, -0.05) is 26.0 Å². The molecule has 2 heterocycles. The minimum atomic E-state index is -0.276. The van der Waals surface area contributed by atoms with Crippen molar-refractivity contribution in [2.45, 2.75) is 32.7 Å². The van der Waals surface area contributed by atoms with E-state index in [1.807, 2.05) is 41.2 Å². The molecule has 0 aliphatic carbocycles. The zero-order valence-corrected chi connectivity index (χ0v) is 14.8. The monoisotopic (exact) mass is 339 g/mol. The van der Waals surface area contributed by atoms with Gasteiger partial charge in [0.2, 0.25) is 11.8 Å². The van der Waals surface area contributed by atoms with E-state index in [1.54, 1.807) is 4.90 Å². The van der Waals surface area contributed by atoms with Crippen molar-refractivity contribution in [3.05, 3.63) is 54.4 Å². The third-order valence-corrected chi connectivity index (χ3v) is 4.70. The molecule has 1 aliphatic rings. The number of nitrogens with zero attached hydrogens (tertiary/aromatic N) is 2. The van der Waals surface area contributed by atoms with Crippen molar-refractivity contribution in [1.29, 1.82) is 0 Å². The molecule has 0 unspecified atom stereocenters. The first-order chi connectivity index (χ1) is 12.0. The normalized spacial score (nSPS) is 17.3. The fourth-order valence-electron chi connectivity index (χ4n) is 3.14. The maximum atomic E-state index is 12.3. The lowest BCUT2D eigenvalue weighted by Gasteiger charge is -2.18. The van der Waals surface area contributed by atoms with Crippen LogP contribution in [0.3, 0.4) is 0 Å². The van der Waals surface area contributed by atoms with E-state index in [0.717, 1.165) is 12.2 Å². The second-order valence-corrected chi connectivity index (χ2v) is 6.86. The number of anilines is 1. The zero-order chi connectivity index (χ0) is 17.8. The molecule has 0 radical (unpaired) electrons. The van der Waals surface area contributed by atoms with Gasteiger partial charge >= 0.3 is 0 Å². The standard InChI is InChI=1S/C20H25N3O2/c1-15(2)16-5-7-18(8-6-16)23-14-17(13-19(23)24)20(25)21-9-12-22-10-3-4-11-22/h3-8,10-11,15,17H,9,12-14H2,1-2H3,(H,21,25)/t17-/m0/s1. The van der Waals surface area contributed by atoms with Crippen LogP contribution in [-0.4, -0.2) is 29.5 Å². The number of hydrogen-bond donors (Lipinski definition) is 1. The molecule has 5 nitrogen and oxygen atoms in total. The van der Waals surface area contributed by atoms with Crippen LogP contribution in [0.2, 0.25) is 0 Å². The van der Waals surface area contributed by atoms with Crippen molar-refractivity contribution in [3.63, 3.8) is 0 Å². The van der Waals surface area contributed by atoms with Crippen LogP contribution < -0.4 is 10.2 Å². The lowest BCUT2D eigenvalue weighted by atomic mass is 10.0. The van der Waals surface area contributed by atoms with Crippen LogP contribution in [0, 0.1) is 5.92 Å². The molecule has 0 spiro atoms. The molecule has 1 fully saturated rings. The third-order valence-electron chi connectivity index (χ3n) is 4.70. The summed E-state index contributed by atoms with van der Waals surface area (Å²) < 4.78 is 2.02. The second kappa shape index (κ2) is 7.55. The van der Waals surface area contributed by atoms with Gasteiger partial charge in [0.1, 0.15) is 0 Å². The molecule has 1 aromatic carbocycles. The van der Waals surface area contributed by atoms with Crippen molar-refractivity contribution in [2.75, 3.05) is 18.0 Å². The molecular weight excluding hydrogens is 314 g/mol. The minimum absolute atomic E-state index is 0.0165. The van der Waals surface area contributed by atoms with Crippen molar-refractivity contribution in [2.24, 2.45) is 5.92 Å². The number of benzene rings is 1. The summed E-state index contributed by atoms with van der Waals surface area (Å²) in [6, 6.07) is 12.0. The fourth-order valence-corrected chi connectivity index (χ4v) is 3.14. The molecule has 25 heavy (non-hydrogen) atoms. The van der Waals surface area contributed by atoms with E-state index in [1.165, 1.54) is 5.56 Å². The summed E-state index contributed by atoms with van der Waals surface area (Å²) in [7, 11) is 0. The van der Waals surface area contributed by atoms with Crippen LogP contribution in [0.5, 0.6) is 0 Å². The Bertz CT molecular complexity index is 720. The van der Waals surface area contributed by atoms with E-state index in [0.29, 0.717) is 19.0 Å². The molecule has 2 amide bonds. The van der Waals surface area contributed by atoms with E-state index in [-0.39, 0.29) is 24.2 Å². The van der Waals surface area contributed by atoms with Gasteiger partial charge in [-0.2, -0.15) is 0 Å². The predicted octanol–water partition coefficient (Wildman–Crippen LogP) is 2.78. The highest BCUT2D eigenvalue weighted by atomic mass is 16.2. The molecule has 1 atom stereocenters. The van der Waals surface area contributed by atoms with Crippen molar-refractivity contribution in [1.82, 2.24) is 9.88 Å². The SMILES string of the molecule is CC(C)c1ccc(N2C[C@@H](C(=O)NCCn3cccc3)CC2=O)cc1. The Labute approximate surface area is 148 Å². The van der Waals surface area contributed by atoms with Crippen molar-refractivity contribution in [3.8, 4) is 0 Å². The molecule has 1 aromatic heterocycles. The van der Waals surface area contributed by atoms with E-state index in [9.17, 15) is 9.59 Å². The first kappa shape index (κ1) is 17.3. The number of nitrogens with one attached hydrogen (secondary N) is 1. The smallest absolute Gasteiger partial charge is 0.227 e. The van der Waals surface area contributed by atoms with Gasteiger partial charge in [0.15, 0.2) is 0 Å². The first-order valence-electron chi connectivity index (χ1n) is 8.83. The van der Waals surface area contributed by atoms with Gasteiger partial charge in [0.05, 0.1) is 5.92 Å². The predicted molar refractivity (Wildman–Crippen MR) is 98.4 cm³/mol. The van der Waals surface area contributed by atoms with Crippen LogP contribution in [0.25, 0.3) is 0 Å². The van der Waals surface area contributed by atoms with Crippen LogP contribution >= 0.6 is 0 Å². The maximum absolute atomic E-state index is 12.3. The summed E-state index contributed by atoms with van der Waals surface area (Å²) >= 11 is 0. The first-order valence-corrected chi connectivity index (χ1v) is 8.83. The molecule has 1 N–H and O–H groups in total. The van der Waals surface area contributed by atoms with E-state index >= 15 is 0 Å². The van der Waals surface area contributed by atoms with Gasteiger partial charge in [-0.05, 0) is 35.7 Å². The van der Waals surface area contributed by atoms with Crippen LogP contribution in [0.4, 0.5) is 5.69 Å². The van der Waals surface area contributed by atoms with Crippen LogP contribution in [0.1, 0.15) is 31.7 Å². The van der Waals surface area contributed by atoms with E-state index in [4.69, 9.17) is 0 Å². The Morgan fingerprint density at radius 3 is 2.52 bits per heavy atom. The molecule has 132 valence electrons. The van der Waals surface area contributed by atoms with Crippen molar-refractivity contribution >= 4 is 17.5 Å². The summed E-state index contributed by atoms with van der Waals surface area (Å²) in [4.78, 5) is 26.4. The number of rotatable bonds is 6. The lowest BCUT2D eigenvalue weighted by Crippen LogP contribution is -2.34. The number of aromatic nitrogens is 1. The highest BCUT2D eigenvalue weighted by Gasteiger charge is 2.34. The Morgan fingerprint density at radius 2 is 1.88 bits per heavy atom. The zero-order valence-electron chi connectivity index (χ0n) is 14.8. The summed E-state index contributed by atoms with van der Waals surface area (Å²) in [5.41, 5.74) is 2.12. The summed E-state index contributed by atoms with van der Waals surface area (Å²) in [5, 5.41) is 2.94. The van der Waals surface area contributed by atoms with E-state index < -0.39 is 0 Å².